The average molecular weight is 405 g/mol. The van der Waals surface area contributed by atoms with Crippen molar-refractivity contribution in [3.05, 3.63) is 64.8 Å². The summed E-state index contributed by atoms with van der Waals surface area (Å²) in [5.74, 6) is 1.82. The number of halogens is 1. The monoisotopic (exact) mass is 404 g/mol. The summed E-state index contributed by atoms with van der Waals surface area (Å²) in [6.07, 6.45) is 2.38. The van der Waals surface area contributed by atoms with Crippen molar-refractivity contribution in [3.63, 3.8) is 0 Å². The molecule has 144 valence electrons. The normalized spacial score (nSPS) is 13.6. The lowest BCUT2D eigenvalue weighted by Gasteiger charge is -2.10. The highest BCUT2D eigenvalue weighted by Crippen LogP contribution is 2.40. The van der Waals surface area contributed by atoms with Crippen molar-refractivity contribution in [1.29, 1.82) is 0 Å². The van der Waals surface area contributed by atoms with Gasteiger partial charge in [-0.25, -0.2) is 9.97 Å². The molecule has 0 saturated heterocycles. The van der Waals surface area contributed by atoms with E-state index in [2.05, 4.69) is 20.5 Å². The van der Waals surface area contributed by atoms with Crippen LogP contribution in [-0.2, 0) is 0 Å². The minimum Gasteiger partial charge on any atom is -0.366 e. The Hall–Kier alpha value is -3.45. The van der Waals surface area contributed by atoms with E-state index in [9.17, 15) is 4.79 Å². The Morgan fingerprint density at radius 1 is 1.14 bits per heavy atom. The number of nitrogens with two attached hydrogens (primary N) is 1. The summed E-state index contributed by atoms with van der Waals surface area (Å²) in [7, 11) is 0. The number of aromatic nitrogens is 4. The lowest BCUT2D eigenvalue weighted by molar-refractivity contribution is 0.100. The molecule has 1 aliphatic carbocycles. The van der Waals surface area contributed by atoms with E-state index in [1.807, 2.05) is 24.3 Å². The summed E-state index contributed by atoms with van der Waals surface area (Å²) in [4.78, 5) is 20.9. The molecule has 0 unspecified atom stereocenters. The number of nitrogens with zero attached hydrogens (tertiary/aromatic N) is 3. The molecule has 0 atom stereocenters. The Morgan fingerprint density at radius 2 is 2.00 bits per heavy atom. The zero-order chi connectivity index (χ0) is 20.0. The number of primary amides is 1. The summed E-state index contributed by atoms with van der Waals surface area (Å²) < 4.78 is 0. The van der Waals surface area contributed by atoms with Crippen molar-refractivity contribution < 1.29 is 4.79 Å². The lowest BCUT2D eigenvalue weighted by atomic mass is 10.1. The molecule has 1 amide bonds. The van der Waals surface area contributed by atoms with Crippen LogP contribution in [0.1, 0.15) is 34.8 Å². The van der Waals surface area contributed by atoms with Gasteiger partial charge in [0.25, 0.3) is 0 Å². The number of hydrogen-bond donors (Lipinski definition) is 3. The van der Waals surface area contributed by atoms with E-state index in [-0.39, 0.29) is 0 Å². The van der Waals surface area contributed by atoms with Gasteiger partial charge in [-0.1, -0.05) is 23.7 Å². The molecule has 0 aliphatic heterocycles. The van der Waals surface area contributed by atoms with Crippen molar-refractivity contribution in [2.75, 3.05) is 5.32 Å². The van der Waals surface area contributed by atoms with Crippen LogP contribution in [-0.4, -0.2) is 26.1 Å². The Labute approximate surface area is 171 Å². The second-order valence-electron chi connectivity index (χ2n) is 7.11. The number of nitrogens with one attached hydrogen (secondary N) is 2. The molecule has 7 nitrogen and oxygen atoms in total. The van der Waals surface area contributed by atoms with Crippen LogP contribution in [0.15, 0.2) is 48.5 Å². The third-order valence-corrected chi connectivity index (χ3v) is 5.16. The van der Waals surface area contributed by atoms with Crippen LogP contribution in [0.5, 0.6) is 0 Å². The number of fused-ring (bicyclic) bond motifs is 1. The fraction of sp³-hybridized carbons (Fsp3) is 0.143. The van der Waals surface area contributed by atoms with Gasteiger partial charge in [0.05, 0.1) is 5.52 Å². The van der Waals surface area contributed by atoms with E-state index < -0.39 is 5.91 Å². The maximum absolute atomic E-state index is 11.5. The molecule has 1 aliphatic rings. The number of anilines is 2. The number of carbonyl (C=O) groups excluding carboxylic acids is 1. The summed E-state index contributed by atoms with van der Waals surface area (Å²) >= 11 is 6.20. The van der Waals surface area contributed by atoms with Crippen LogP contribution in [0, 0.1) is 0 Å². The first-order valence-electron chi connectivity index (χ1n) is 9.27. The second-order valence-corrected chi connectivity index (χ2v) is 7.55. The molecule has 2 heterocycles. The van der Waals surface area contributed by atoms with Crippen LogP contribution in [0.25, 0.3) is 22.3 Å². The molecule has 29 heavy (non-hydrogen) atoms. The van der Waals surface area contributed by atoms with Crippen LogP contribution < -0.4 is 11.1 Å². The van der Waals surface area contributed by atoms with Crippen LogP contribution >= 0.6 is 11.6 Å². The first kappa shape index (κ1) is 17.6. The Bertz CT molecular complexity index is 1250. The van der Waals surface area contributed by atoms with E-state index in [4.69, 9.17) is 22.3 Å². The molecule has 0 radical (unpaired) electrons. The molecule has 0 spiro atoms. The Morgan fingerprint density at radius 3 is 2.79 bits per heavy atom. The third kappa shape index (κ3) is 3.52. The average Bonchev–Trinajstić information content (AvgIpc) is 3.47. The standard InChI is InChI=1S/C21H17ClN6O/c22-14-6-7-16-15(9-14)21(25-18-10-17(27-28-18)11-4-5-11)26-20(24-16)13-3-1-2-12(8-13)19(23)29/h1-3,6-11H,4-5H2,(H2,23,29)(H2,24,25,26,27,28). The van der Waals surface area contributed by atoms with Gasteiger partial charge in [-0.05, 0) is 43.2 Å². The van der Waals surface area contributed by atoms with Gasteiger partial charge < -0.3 is 11.1 Å². The first-order valence-corrected chi connectivity index (χ1v) is 9.64. The molecule has 2 aromatic carbocycles. The van der Waals surface area contributed by atoms with Crippen molar-refractivity contribution >= 4 is 40.0 Å². The molecular weight excluding hydrogens is 388 g/mol. The minimum absolute atomic E-state index is 0.401. The quantitative estimate of drug-likeness (QED) is 0.457. The predicted octanol–water partition coefficient (Wildman–Crippen LogP) is 4.39. The Kier molecular flexibility index (Phi) is 4.17. The lowest BCUT2D eigenvalue weighted by Crippen LogP contribution is -2.10. The Balaban J connectivity index is 1.61. The van der Waals surface area contributed by atoms with E-state index in [1.54, 1.807) is 24.3 Å². The zero-order valence-corrected chi connectivity index (χ0v) is 16.1. The largest absolute Gasteiger partial charge is 0.366 e. The summed E-state index contributed by atoms with van der Waals surface area (Å²) in [6, 6.07) is 14.4. The summed E-state index contributed by atoms with van der Waals surface area (Å²) in [6.45, 7) is 0. The van der Waals surface area contributed by atoms with E-state index in [0.717, 1.165) is 16.6 Å². The van der Waals surface area contributed by atoms with E-state index in [1.165, 1.54) is 12.8 Å². The van der Waals surface area contributed by atoms with Gasteiger partial charge in [0.15, 0.2) is 11.6 Å². The number of benzene rings is 2. The van der Waals surface area contributed by atoms with Gasteiger partial charge >= 0.3 is 0 Å². The van der Waals surface area contributed by atoms with Gasteiger partial charge in [0.1, 0.15) is 5.82 Å². The molecule has 1 saturated carbocycles. The van der Waals surface area contributed by atoms with Gasteiger partial charge in [0.2, 0.25) is 5.91 Å². The third-order valence-electron chi connectivity index (χ3n) is 4.92. The minimum atomic E-state index is -0.498. The van der Waals surface area contributed by atoms with Crippen LogP contribution in [0.2, 0.25) is 5.02 Å². The zero-order valence-electron chi connectivity index (χ0n) is 15.3. The van der Waals surface area contributed by atoms with Crippen molar-refractivity contribution in [1.82, 2.24) is 20.2 Å². The first-order chi connectivity index (χ1) is 14.1. The molecule has 2 aromatic heterocycles. The van der Waals surface area contributed by atoms with E-state index in [0.29, 0.717) is 39.5 Å². The molecule has 4 aromatic rings. The van der Waals surface area contributed by atoms with Gasteiger partial charge in [-0.15, -0.1) is 0 Å². The highest BCUT2D eigenvalue weighted by Gasteiger charge is 2.25. The molecule has 4 N–H and O–H groups in total. The predicted molar refractivity (Wildman–Crippen MR) is 112 cm³/mol. The number of hydrogen-bond acceptors (Lipinski definition) is 5. The maximum Gasteiger partial charge on any atom is 0.248 e. The number of rotatable bonds is 5. The number of carbonyl (C=O) groups is 1. The molecule has 8 heteroatoms. The van der Waals surface area contributed by atoms with Gasteiger partial charge in [-0.3, -0.25) is 9.89 Å². The highest BCUT2D eigenvalue weighted by atomic mass is 35.5. The summed E-state index contributed by atoms with van der Waals surface area (Å²) in [5, 5.41) is 12.1. The van der Waals surface area contributed by atoms with E-state index >= 15 is 0 Å². The van der Waals surface area contributed by atoms with Gasteiger partial charge in [-0.2, -0.15) is 5.10 Å². The maximum atomic E-state index is 11.5. The van der Waals surface area contributed by atoms with Crippen molar-refractivity contribution in [2.45, 2.75) is 18.8 Å². The second kappa shape index (κ2) is 6.86. The molecule has 5 rings (SSSR count). The fourth-order valence-corrected chi connectivity index (χ4v) is 3.43. The smallest absolute Gasteiger partial charge is 0.248 e. The van der Waals surface area contributed by atoms with Crippen molar-refractivity contribution in [3.8, 4) is 11.4 Å². The topological polar surface area (TPSA) is 110 Å². The number of H-pyrrole nitrogens is 1. The summed E-state index contributed by atoms with van der Waals surface area (Å²) in [5.41, 5.74) is 8.36. The van der Waals surface area contributed by atoms with Crippen molar-refractivity contribution in [2.24, 2.45) is 5.73 Å². The van der Waals surface area contributed by atoms with Crippen LogP contribution in [0.3, 0.4) is 0 Å². The molecule has 1 fully saturated rings. The highest BCUT2D eigenvalue weighted by molar-refractivity contribution is 6.31. The van der Waals surface area contributed by atoms with Crippen LogP contribution in [0.4, 0.5) is 11.6 Å². The number of aromatic amines is 1. The van der Waals surface area contributed by atoms with Gasteiger partial charge in [0, 0.05) is 39.2 Å². The molecular formula is C21H17ClN6O. The molecule has 0 bridgehead atoms. The SMILES string of the molecule is NC(=O)c1cccc(-c2nc(Nc3cc(C4CC4)[nH]n3)c3cc(Cl)ccc3n2)c1. The number of amides is 1. The fourth-order valence-electron chi connectivity index (χ4n) is 3.26.